The van der Waals surface area contributed by atoms with Gasteiger partial charge in [0.2, 0.25) is 0 Å². The summed E-state index contributed by atoms with van der Waals surface area (Å²) in [4.78, 5) is 20.6. The lowest BCUT2D eigenvalue weighted by Crippen LogP contribution is -2.69. The highest BCUT2D eigenvalue weighted by molar-refractivity contribution is 6.15. The van der Waals surface area contributed by atoms with Crippen LogP contribution in [0, 0.1) is 17.3 Å². The fourth-order valence-electron chi connectivity index (χ4n) is 6.55. The number of aliphatic imine (C=N–C) groups is 1. The molecule has 0 radical (unpaired) electrons. The lowest BCUT2D eigenvalue weighted by atomic mass is 9.54. The number of nitrogens with zero attached hydrogens (tertiary/aromatic N) is 2. The summed E-state index contributed by atoms with van der Waals surface area (Å²) in [6.45, 7) is 3.31. The Bertz CT molecular complexity index is 899. The van der Waals surface area contributed by atoms with E-state index in [9.17, 15) is 15.0 Å². The van der Waals surface area contributed by atoms with Crippen molar-refractivity contribution in [3.8, 4) is 5.75 Å². The van der Waals surface area contributed by atoms with Crippen molar-refractivity contribution in [2.75, 3.05) is 27.3 Å². The van der Waals surface area contributed by atoms with Crippen molar-refractivity contribution in [2.45, 2.75) is 43.9 Å². The van der Waals surface area contributed by atoms with Gasteiger partial charge >= 0.3 is 5.97 Å². The van der Waals surface area contributed by atoms with E-state index in [1.54, 1.807) is 14.0 Å². The van der Waals surface area contributed by atoms with Gasteiger partial charge in [-0.05, 0) is 50.3 Å². The highest BCUT2D eigenvalue weighted by atomic mass is 16.5. The van der Waals surface area contributed by atoms with Gasteiger partial charge in [-0.15, -0.1) is 0 Å². The van der Waals surface area contributed by atoms with Crippen molar-refractivity contribution in [1.82, 2.24) is 4.90 Å². The highest BCUT2D eigenvalue weighted by Crippen LogP contribution is 2.60. The predicted molar refractivity (Wildman–Crippen MR) is 106 cm³/mol. The van der Waals surface area contributed by atoms with Crippen molar-refractivity contribution in [1.29, 1.82) is 0 Å². The lowest BCUT2D eigenvalue weighted by molar-refractivity contribution is -0.168. The Hall–Kier alpha value is -1.96. The zero-order chi connectivity index (χ0) is 20.6. The van der Waals surface area contributed by atoms with Crippen molar-refractivity contribution in [3.63, 3.8) is 0 Å². The number of aliphatic hydroxyl groups excluding tert-OH is 1. The average Bonchev–Trinajstić information content (AvgIpc) is 3.00. The SMILES string of the molecule is COC(=O)[C@@]12C[C@@H]3CC([C@H](C)O)[C@@H]1N(CC[C@]1(O)C2=Nc2ccc(OC)cc21)C3. The smallest absolute Gasteiger partial charge is 0.319 e. The van der Waals surface area contributed by atoms with Crippen LogP contribution >= 0.6 is 0 Å². The van der Waals surface area contributed by atoms with E-state index in [2.05, 4.69) is 4.90 Å². The molecule has 0 aromatic heterocycles. The number of methoxy groups -OCH3 is 2. The first-order valence-corrected chi connectivity index (χ1v) is 10.4. The number of hydrogen-bond acceptors (Lipinski definition) is 7. The van der Waals surface area contributed by atoms with Crippen LogP contribution in [-0.4, -0.2) is 66.2 Å². The molecule has 156 valence electrons. The van der Waals surface area contributed by atoms with E-state index in [4.69, 9.17) is 14.5 Å². The number of esters is 1. The summed E-state index contributed by atoms with van der Waals surface area (Å²) >= 11 is 0. The zero-order valence-electron chi connectivity index (χ0n) is 17.1. The van der Waals surface area contributed by atoms with Gasteiger partial charge in [0.1, 0.15) is 16.8 Å². The molecule has 4 heterocycles. The van der Waals surface area contributed by atoms with Gasteiger partial charge in [0.15, 0.2) is 0 Å². The third-order valence-corrected chi connectivity index (χ3v) is 7.64. The topological polar surface area (TPSA) is 91.6 Å². The molecule has 2 N–H and O–H groups in total. The summed E-state index contributed by atoms with van der Waals surface area (Å²) in [7, 11) is 2.99. The normalized spacial score (nSPS) is 40.4. The molecular formula is C22H28N2O5. The maximum atomic E-state index is 13.4. The number of carbonyl (C=O) groups excluding carboxylic acids is 1. The van der Waals surface area contributed by atoms with Gasteiger partial charge in [-0.2, -0.15) is 0 Å². The third kappa shape index (κ3) is 2.35. The molecule has 4 fully saturated rings. The number of fused-ring (bicyclic) bond motifs is 4. The summed E-state index contributed by atoms with van der Waals surface area (Å²) in [5.74, 6) is 0.477. The molecule has 1 aromatic rings. The Morgan fingerprint density at radius 1 is 1.38 bits per heavy atom. The maximum absolute atomic E-state index is 13.4. The molecule has 0 spiro atoms. The number of rotatable bonds is 3. The van der Waals surface area contributed by atoms with Crippen LogP contribution in [0.1, 0.15) is 31.7 Å². The molecule has 3 saturated heterocycles. The fourth-order valence-corrected chi connectivity index (χ4v) is 6.55. The Balaban J connectivity index is 1.74. The van der Waals surface area contributed by atoms with Crippen molar-refractivity contribution in [2.24, 2.45) is 22.2 Å². The van der Waals surface area contributed by atoms with Crippen LogP contribution in [-0.2, 0) is 15.1 Å². The largest absolute Gasteiger partial charge is 0.497 e. The van der Waals surface area contributed by atoms with Gasteiger partial charge in [-0.1, -0.05) is 0 Å². The second-order valence-corrected chi connectivity index (χ2v) is 9.07. The van der Waals surface area contributed by atoms with Crippen molar-refractivity contribution < 1.29 is 24.5 Å². The van der Waals surface area contributed by atoms with Crippen LogP contribution in [0.25, 0.3) is 0 Å². The van der Waals surface area contributed by atoms with Crippen LogP contribution in [0.4, 0.5) is 5.69 Å². The van der Waals surface area contributed by atoms with E-state index in [1.807, 2.05) is 18.2 Å². The number of hydrogen-bond donors (Lipinski definition) is 2. The molecule has 1 aliphatic carbocycles. The summed E-state index contributed by atoms with van der Waals surface area (Å²) in [5.41, 5.74) is -0.554. The minimum Gasteiger partial charge on any atom is -0.497 e. The maximum Gasteiger partial charge on any atom is 0.319 e. The molecule has 2 unspecified atom stereocenters. The van der Waals surface area contributed by atoms with Gasteiger partial charge in [0.25, 0.3) is 0 Å². The third-order valence-electron chi connectivity index (χ3n) is 7.64. The molecule has 1 aromatic carbocycles. The van der Waals surface area contributed by atoms with E-state index in [1.165, 1.54) is 7.11 Å². The Kier molecular flexibility index (Phi) is 4.11. The molecule has 0 amide bonds. The molecule has 29 heavy (non-hydrogen) atoms. The Morgan fingerprint density at radius 3 is 2.86 bits per heavy atom. The number of piperidine rings is 2. The molecule has 7 nitrogen and oxygen atoms in total. The predicted octanol–water partition coefficient (Wildman–Crippen LogP) is 1.62. The zero-order valence-corrected chi connectivity index (χ0v) is 17.1. The summed E-state index contributed by atoms with van der Waals surface area (Å²) in [6, 6.07) is 5.25. The lowest BCUT2D eigenvalue weighted by Gasteiger charge is -2.58. The fraction of sp³-hybridized carbons (Fsp3) is 0.636. The first kappa shape index (κ1) is 19.0. The van der Waals surface area contributed by atoms with Crippen molar-refractivity contribution in [3.05, 3.63) is 23.8 Å². The van der Waals surface area contributed by atoms with Crippen LogP contribution in [0.15, 0.2) is 23.2 Å². The van der Waals surface area contributed by atoms with E-state index in [-0.39, 0.29) is 23.8 Å². The van der Waals surface area contributed by atoms with Gasteiger partial charge in [0, 0.05) is 30.6 Å². The van der Waals surface area contributed by atoms with Gasteiger partial charge in [-0.3, -0.25) is 14.7 Å². The number of carbonyl (C=O) groups is 1. The average molecular weight is 400 g/mol. The second kappa shape index (κ2) is 6.27. The molecule has 4 aliphatic heterocycles. The van der Waals surface area contributed by atoms with E-state index < -0.39 is 17.1 Å². The molecule has 4 bridgehead atoms. The van der Waals surface area contributed by atoms with Crippen LogP contribution in [0.2, 0.25) is 0 Å². The van der Waals surface area contributed by atoms with Crippen LogP contribution in [0.3, 0.4) is 0 Å². The van der Waals surface area contributed by atoms with Crippen LogP contribution in [0.5, 0.6) is 5.75 Å². The molecular weight excluding hydrogens is 372 g/mol. The molecule has 7 atom stereocenters. The number of ether oxygens (including phenoxy) is 2. The van der Waals surface area contributed by atoms with E-state index in [0.717, 1.165) is 13.0 Å². The number of aliphatic hydroxyl groups is 2. The summed E-state index contributed by atoms with van der Waals surface area (Å²) < 4.78 is 10.7. The molecule has 6 rings (SSSR count). The minimum absolute atomic E-state index is 0.0649. The summed E-state index contributed by atoms with van der Waals surface area (Å²) in [6.07, 6.45) is 1.37. The van der Waals surface area contributed by atoms with Gasteiger partial charge in [0.05, 0.1) is 31.7 Å². The standard InChI is InChI=1S/C22H28N2O5/c1-12(25)15-8-13-10-21(20(26)29-3)18(15)24(11-13)7-6-22(27)16-9-14(28-2)4-5-17(16)23-19(21)22/h4-5,9,12-13,15,18,25,27H,6-8,10-11H2,1-3H3/t12-,13-,15?,18-,21-,22+/m0/s1. The highest BCUT2D eigenvalue weighted by Gasteiger charge is 2.69. The minimum atomic E-state index is -1.35. The first-order chi connectivity index (χ1) is 13.8. The van der Waals surface area contributed by atoms with Gasteiger partial charge < -0.3 is 19.7 Å². The van der Waals surface area contributed by atoms with E-state index in [0.29, 0.717) is 42.1 Å². The second-order valence-electron chi connectivity index (χ2n) is 9.07. The van der Waals surface area contributed by atoms with E-state index >= 15 is 0 Å². The quantitative estimate of drug-likeness (QED) is 0.750. The van der Waals surface area contributed by atoms with Crippen molar-refractivity contribution >= 4 is 17.4 Å². The number of benzene rings is 1. The van der Waals surface area contributed by atoms with Crippen LogP contribution < -0.4 is 4.74 Å². The first-order valence-electron chi connectivity index (χ1n) is 10.4. The monoisotopic (exact) mass is 400 g/mol. The Labute approximate surface area is 170 Å². The Morgan fingerprint density at radius 2 is 2.17 bits per heavy atom. The molecule has 1 saturated carbocycles. The molecule has 5 aliphatic rings. The van der Waals surface area contributed by atoms with Gasteiger partial charge in [-0.25, -0.2) is 0 Å². The molecule has 7 heteroatoms. The summed E-state index contributed by atoms with van der Waals surface area (Å²) in [5, 5.41) is 22.6.